The van der Waals surface area contributed by atoms with Gasteiger partial charge in [-0.3, -0.25) is 9.98 Å². The van der Waals surface area contributed by atoms with Crippen LogP contribution in [0.1, 0.15) is 18.3 Å². The van der Waals surface area contributed by atoms with Crippen LogP contribution in [0, 0.1) is 12.8 Å². The third-order valence-corrected chi connectivity index (χ3v) is 2.17. The minimum atomic E-state index is 0.397. The zero-order valence-corrected chi connectivity index (χ0v) is 7.86. The molecular weight excluding hydrogens is 160 g/mol. The molecule has 66 valence electrons. The predicted molar refractivity (Wildman–Crippen MR) is 53.8 cm³/mol. The van der Waals surface area contributed by atoms with Crippen LogP contribution < -0.4 is 0 Å². The van der Waals surface area contributed by atoms with E-state index in [1.54, 1.807) is 0 Å². The summed E-state index contributed by atoms with van der Waals surface area (Å²) in [7, 11) is 0. The number of aromatic nitrogens is 1. The van der Waals surface area contributed by atoms with Crippen LogP contribution in [0.3, 0.4) is 0 Å². The summed E-state index contributed by atoms with van der Waals surface area (Å²) in [6.45, 7) is 4.13. The van der Waals surface area contributed by atoms with Gasteiger partial charge in [0.05, 0.1) is 11.4 Å². The van der Waals surface area contributed by atoms with Gasteiger partial charge in [0.25, 0.3) is 0 Å². The van der Waals surface area contributed by atoms with Crippen LogP contribution in [0.25, 0.3) is 0 Å². The molecule has 2 nitrogen and oxygen atoms in total. The molecule has 0 bridgehead atoms. The first-order chi connectivity index (χ1) is 6.27. The Bertz CT molecular complexity index is 377. The van der Waals surface area contributed by atoms with Crippen molar-refractivity contribution in [1.29, 1.82) is 0 Å². The van der Waals surface area contributed by atoms with Gasteiger partial charge in [-0.1, -0.05) is 19.1 Å². The summed E-state index contributed by atoms with van der Waals surface area (Å²) in [6.07, 6.45) is 3.93. The van der Waals surface area contributed by atoms with E-state index in [4.69, 9.17) is 0 Å². The molecule has 13 heavy (non-hydrogen) atoms. The molecule has 0 radical (unpaired) electrons. The smallest absolute Gasteiger partial charge is 0.0853 e. The van der Waals surface area contributed by atoms with Gasteiger partial charge in [-0.15, -0.1) is 0 Å². The standard InChI is InChI=1S/C11H12N2/c1-8-6-7-12-11(8)10-5-3-4-9(2)13-10/h3-8H,1-2H3. The van der Waals surface area contributed by atoms with E-state index in [9.17, 15) is 0 Å². The van der Waals surface area contributed by atoms with Crippen LogP contribution in [0.2, 0.25) is 0 Å². The van der Waals surface area contributed by atoms with Crippen molar-refractivity contribution in [2.75, 3.05) is 0 Å². The van der Waals surface area contributed by atoms with E-state index in [0.29, 0.717) is 5.92 Å². The first kappa shape index (κ1) is 8.17. The third-order valence-electron chi connectivity index (χ3n) is 2.17. The minimum absolute atomic E-state index is 0.397. The molecule has 2 rings (SSSR count). The van der Waals surface area contributed by atoms with Gasteiger partial charge in [-0.05, 0) is 19.1 Å². The zero-order chi connectivity index (χ0) is 9.26. The van der Waals surface area contributed by atoms with E-state index in [2.05, 4.69) is 23.0 Å². The molecule has 1 aromatic rings. The van der Waals surface area contributed by atoms with Gasteiger partial charge in [0.15, 0.2) is 0 Å². The van der Waals surface area contributed by atoms with Crippen molar-refractivity contribution in [3.05, 3.63) is 41.9 Å². The van der Waals surface area contributed by atoms with Crippen molar-refractivity contribution in [2.45, 2.75) is 13.8 Å². The summed E-state index contributed by atoms with van der Waals surface area (Å²) in [5.74, 6) is 0.397. The lowest BCUT2D eigenvalue weighted by molar-refractivity contribution is 1.01. The number of rotatable bonds is 1. The van der Waals surface area contributed by atoms with Crippen LogP contribution in [-0.2, 0) is 0 Å². The number of aliphatic imine (C=N–C) groups is 1. The van der Waals surface area contributed by atoms with Crippen molar-refractivity contribution < 1.29 is 0 Å². The maximum Gasteiger partial charge on any atom is 0.0853 e. The lowest BCUT2D eigenvalue weighted by Gasteiger charge is -2.05. The lowest BCUT2D eigenvalue weighted by atomic mass is 10.0. The van der Waals surface area contributed by atoms with Gasteiger partial charge in [0, 0.05) is 17.8 Å². The van der Waals surface area contributed by atoms with Gasteiger partial charge >= 0.3 is 0 Å². The highest BCUT2D eigenvalue weighted by molar-refractivity contribution is 6.03. The van der Waals surface area contributed by atoms with Crippen molar-refractivity contribution in [1.82, 2.24) is 4.98 Å². The van der Waals surface area contributed by atoms with Crippen LogP contribution in [0.15, 0.2) is 35.5 Å². The average molecular weight is 172 g/mol. The van der Waals surface area contributed by atoms with Crippen molar-refractivity contribution >= 4 is 5.71 Å². The molecule has 0 saturated heterocycles. The Hall–Kier alpha value is -1.44. The zero-order valence-electron chi connectivity index (χ0n) is 7.86. The van der Waals surface area contributed by atoms with E-state index in [0.717, 1.165) is 17.1 Å². The number of hydrogen-bond donors (Lipinski definition) is 0. The van der Waals surface area contributed by atoms with Crippen LogP contribution >= 0.6 is 0 Å². The summed E-state index contributed by atoms with van der Waals surface area (Å²) in [5, 5.41) is 0. The quantitative estimate of drug-likeness (QED) is 0.638. The molecule has 0 aromatic carbocycles. The van der Waals surface area contributed by atoms with Crippen molar-refractivity contribution in [2.24, 2.45) is 10.9 Å². The second-order valence-electron chi connectivity index (χ2n) is 3.31. The second kappa shape index (κ2) is 3.13. The van der Waals surface area contributed by atoms with Gasteiger partial charge in [0.1, 0.15) is 0 Å². The normalized spacial score (nSPS) is 20.5. The summed E-state index contributed by atoms with van der Waals surface area (Å²) >= 11 is 0. The Labute approximate surface area is 78.0 Å². The summed E-state index contributed by atoms with van der Waals surface area (Å²) < 4.78 is 0. The molecule has 0 fully saturated rings. The largest absolute Gasteiger partial charge is 0.259 e. The molecular formula is C11H12N2. The van der Waals surface area contributed by atoms with Crippen LogP contribution in [0.4, 0.5) is 0 Å². The molecule has 1 atom stereocenters. The molecule has 0 spiro atoms. The van der Waals surface area contributed by atoms with Gasteiger partial charge in [0.2, 0.25) is 0 Å². The van der Waals surface area contributed by atoms with Gasteiger partial charge in [-0.2, -0.15) is 0 Å². The van der Waals surface area contributed by atoms with Gasteiger partial charge < -0.3 is 0 Å². The maximum absolute atomic E-state index is 4.43. The average Bonchev–Trinajstić information content (AvgIpc) is 2.51. The summed E-state index contributed by atoms with van der Waals surface area (Å²) in [6, 6.07) is 6.03. The Morgan fingerprint density at radius 1 is 1.31 bits per heavy atom. The topological polar surface area (TPSA) is 25.2 Å². The molecule has 2 heteroatoms. The monoisotopic (exact) mass is 172 g/mol. The number of pyridine rings is 1. The van der Waals surface area contributed by atoms with E-state index >= 15 is 0 Å². The second-order valence-corrected chi connectivity index (χ2v) is 3.31. The highest BCUT2D eigenvalue weighted by Crippen LogP contribution is 2.15. The number of nitrogens with zero attached hydrogens (tertiary/aromatic N) is 2. The first-order valence-electron chi connectivity index (χ1n) is 4.46. The molecule has 1 aliphatic heterocycles. The minimum Gasteiger partial charge on any atom is -0.259 e. The SMILES string of the molecule is Cc1cccc(C2=NC=CC2C)n1. The maximum atomic E-state index is 4.43. The number of aryl methyl sites for hydroxylation is 1. The highest BCUT2D eigenvalue weighted by atomic mass is 14.8. The van der Waals surface area contributed by atoms with E-state index in [-0.39, 0.29) is 0 Å². The van der Waals surface area contributed by atoms with Crippen molar-refractivity contribution in [3.63, 3.8) is 0 Å². The summed E-state index contributed by atoms with van der Waals surface area (Å²) in [5.41, 5.74) is 3.11. The van der Waals surface area contributed by atoms with Crippen molar-refractivity contribution in [3.8, 4) is 0 Å². The Morgan fingerprint density at radius 3 is 2.77 bits per heavy atom. The van der Waals surface area contributed by atoms with Crippen LogP contribution in [-0.4, -0.2) is 10.7 Å². The predicted octanol–water partition coefficient (Wildman–Crippen LogP) is 2.34. The molecule has 0 saturated carbocycles. The van der Waals surface area contributed by atoms with E-state index in [1.165, 1.54) is 0 Å². The molecule has 1 unspecified atom stereocenters. The van der Waals surface area contributed by atoms with E-state index < -0.39 is 0 Å². The fraction of sp³-hybridized carbons (Fsp3) is 0.273. The number of allylic oxidation sites excluding steroid dienone is 1. The fourth-order valence-electron chi connectivity index (χ4n) is 1.45. The fourth-order valence-corrected chi connectivity index (χ4v) is 1.45. The molecule has 2 heterocycles. The summed E-state index contributed by atoms with van der Waals surface area (Å²) in [4.78, 5) is 8.74. The molecule has 1 aliphatic rings. The first-order valence-corrected chi connectivity index (χ1v) is 4.46. The Morgan fingerprint density at radius 2 is 2.15 bits per heavy atom. The molecule has 0 amide bonds. The van der Waals surface area contributed by atoms with E-state index in [1.807, 2.05) is 31.3 Å². The van der Waals surface area contributed by atoms with Crippen LogP contribution in [0.5, 0.6) is 0 Å². The van der Waals surface area contributed by atoms with Gasteiger partial charge in [-0.25, -0.2) is 0 Å². The molecule has 0 aliphatic carbocycles. The highest BCUT2D eigenvalue weighted by Gasteiger charge is 2.14. The molecule has 0 N–H and O–H groups in total. The third kappa shape index (κ3) is 1.52. The number of hydrogen-bond acceptors (Lipinski definition) is 2. The lowest BCUT2D eigenvalue weighted by Crippen LogP contribution is -2.09. The molecule has 1 aromatic heterocycles. The Balaban J connectivity index is 2.37. The Kier molecular flexibility index (Phi) is 1.97.